The molecule has 0 bridgehead atoms. The maximum absolute atomic E-state index is 13.5. The minimum absolute atomic E-state index is 0.101. The van der Waals surface area contributed by atoms with Crippen LogP contribution in [0.3, 0.4) is 0 Å². The van der Waals surface area contributed by atoms with Crippen LogP contribution < -0.4 is 5.73 Å². The summed E-state index contributed by atoms with van der Waals surface area (Å²) in [7, 11) is 0. The quantitative estimate of drug-likeness (QED) is 0.800. The molecule has 0 atom stereocenters. The second kappa shape index (κ2) is 7.61. The maximum Gasteiger partial charge on any atom is 0.259 e. The van der Waals surface area contributed by atoms with E-state index < -0.39 is 0 Å². The first kappa shape index (κ1) is 18.9. The molecule has 30 heavy (non-hydrogen) atoms. The highest BCUT2D eigenvalue weighted by Crippen LogP contribution is 2.32. The third kappa shape index (κ3) is 3.48. The fourth-order valence-electron chi connectivity index (χ4n) is 4.51. The van der Waals surface area contributed by atoms with Gasteiger partial charge in [-0.2, -0.15) is 0 Å². The van der Waals surface area contributed by atoms with Crippen molar-refractivity contribution in [2.75, 3.05) is 31.9 Å². The summed E-state index contributed by atoms with van der Waals surface area (Å²) in [6.07, 6.45) is 0.882. The van der Waals surface area contributed by atoms with Gasteiger partial charge in [0.25, 0.3) is 5.91 Å². The highest BCUT2D eigenvalue weighted by atomic mass is 16.2. The molecule has 6 heteroatoms. The molecule has 0 unspecified atom stereocenters. The fourth-order valence-corrected chi connectivity index (χ4v) is 4.51. The average Bonchev–Trinajstić information content (AvgIpc) is 3.24. The van der Waals surface area contributed by atoms with Crippen LogP contribution in [-0.2, 0) is 17.9 Å². The Kier molecular flexibility index (Phi) is 4.79. The Morgan fingerprint density at radius 1 is 0.967 bits per heavy atom. The van der Waals surface area contributed by atoms with E-state index in [2.05, 4.69) is 58.1 Å². The Hall–Kier alpha value is -3.12. The van der Waals surface area contributed by atoms with E-state index in [0.29, 0.717) is 13.1 Å². The van der Waals surface area contributed by atoms with Gasteiger partial charge in [0.15, 0.2) is 0 Å². The third-order valence-corrected chi connectivity index (χ3v) is 6.13. The number of amides is 1. The lowest BCUT2D eigenvalue weighted by Gasteiger charge is -2.42. The molecule has 0 aliphatic carbocycles. The molecular formula is C24H27N5O. The van der Waals surface area contributed by atoms with E-state index in [1.54, 1.807) is 0 Å². The number of nitrogen functional groups attached to an aromatic ring is 1. The standard InChI is InChI=1S/C24H27N5O/c1-17-2-4-19(5-3-17)15-29-23(30)21-16-27(14-18-6-8-20(25)9-7-18)12-10-22(21)28-13-11-26-24(28)29/h2-9H,10-16,25H2,1H3. The molecule has 0 saturated carbocycles. The normalized spacial score (nSPS) is 19.1. The molecule has 3 aliphatic heterocycles. The van der Waals surface area contributed by atoms with Gasteiger partial charge in [-0.3, -0.25) is 19.6 Å². The van der Waals surface area contributed by atoms with Gasteiger partial charge in [0.1, 0.15) is 0 Å². The molecule has 2 aromatic rings. The van der Waals surface area contributed by atoms with Gasteiger partial charge in [-0.25, -0.2) is 0 Å². The van der Waals surface area contributed by atoms with E-state index in [4.69, 9.17) is 5.73 Å². The number of benzene rings is 2. The Morgan fingerprint density at radius 3 is 2.43 bits per heavy atom. The summed E-state index contributed by atoms with van der Waals surface area (Å²) in [5.74, 6) is 0.927. The number of rotatable bonds is 4. The first-order valence-electron chi connectivity index (χ1n) is 10.6. The molecule has 0 radical (unpaired) electrons. The van der Waals surface area contributed by atoms with Crippen molar-refractivity contribution in [1.82, 2.24) is 14.7 Å². The zero-order chi connectivity index (χ0) is 20.7. The maximum atomic E-state index is 13.5. The van der Waals surface area contributed by atoms with Gasteiger partial charge in [0.05, 0.1) is 18.7 Å². The van der Waals surface area contributed by atoms with Crippen molar-refractivity contribution in [1.29, 1.82) is 0 Å². The lowest BCUT2D eigenvalue weighted by atomic mass is 10.00. The van der Waals surface area contributed by atoms with Crippen LogP contribution in [0, 0.1) is 6.92 Å². The van der Waals surface area contributed by atoms with Gasteiger partial charge in [0.2, 0.25) is 5.96 Å². The van der Waals surface area contributed by atoms with E-state index in [9.17, 15) is 4.79 Å². The number of aliphatic imine (C=N–C) groups is 1. The van der Waals surface area contributed by atoms with Crippen molar-refractivity contribution in [2.45, 2.75) is 26.4 Å². The van der Waals surface area contributed by atoms with Crippen LogP contribution in [0.5, 0.6) is 0 Å². The number of hydrogen-bond acceptors (Lipinski definition) is 5. The molecule has 3 heterocycles. The highest BCUT2D eigenvalue weighted by Gasteiger charge is 2.40. The second-order valence-corrected chi connectivity index (χ2v) is 8.34. The van der Waals surface area contributed by atoms with Gasteiger partial charge in [-0.15, -0.1) is 0 Å². The Balaban J connectivity index is 1.39. The van der Waals surface area contributed by atoms with E-state index >= 15 is 0 Å². The van der Waals surface area contributed by atoms with Crippen LogP contribution in [-0.4, -0.2) is 52.7 Å². The minimum atomic E-state index is 0.101. The second-order valence-electron chi connectivity index (χ2n) is 8.34. The molecule has 0 fully saturated rings. The lowest BCUT2D eigenvalue weighted by Crippen LogP contribution is -2.53. The average molecular weight is 402 g/mol. The molecule has 5 rings (SSSR count). The summed E-state index contributed by atoms with van der Waals surface area (Å²) >= 11 is 0. The van der Waals surface area contributed by atoms with Crippen LogP contribution >= 0.6 is 0 Å². The third-order valence-electron chi connectivity index (χ3n) is 6.13. The molecule has 0 saturated heterocycles. The van der Waals surface area contributed by atoms with Gasteiger partial charge < -0.3 is 10.6 Å². The molecule has 2 N–H and O–H groups in total. The van der Waals surface area contributed by atoms with E-state index in [1.807, 2.05) is 17.0 Å². The van der Waals surface area contributed by atoms with Gasteiger partial charge in [-0.05, 0) is 30.2 Å². The lowest BCUT2D eigenvalue weighted by molar-refractivity contribution is -0.125. The van der Waals surface area contributed by atoms with Crippen molar-refractivity contribution in [3.05, 3.63) is 76.5 Å². The minimum Gasteiger partial charge on any atom is -0.399 e. The fraction of sp³-hybridized carbons (Fsp3) is 0.333. The molecule has 3 aliphatic rings. The molecule has 2 aromatic carbocycles. The van der Waals surface area contributed by atoms with Crippen molar-refractivity contribution < 1.29 is 4.79 Å². The number of aryl methyl sites for hydroxylation is 1. The SMILES string of the molecule is Cc1ccc(CN2C(=O)C3=C(CCN(Cc4ccc(N)cc4)C3)N3CCN=C23)cc1. The summed E-state index contributed by atoms with van der Waals surface area (Å²) < 4.78 is 0. The summed E-state index contributed by atoms with van der Waals surface area (Å²) in [6, 6.07) is 16.4. The zero-order valence-corrected chi connectivity index (χ0v) is 17.3. The largest absolute Gasteiger partial charge is 0.399 e. The van der Waals surface area contributed by atoms with Crippen LogP contribution in [0.4, 0.5) is 5.69 Å². The number of anilines is 1. The molecule has 154 valence electrons. The van der Waals surface area contributed by atoms with Crippen molar-refractivity contribution >= 4 is 17.6 Å². The van der Waals surface area contributed by atoms with E-state index in [1.165, 1.54) is 16.8 Å². The van der Waals surface area contributed by atoms with E-state index in [-0.39, 0.29) is 5.91 Å². The van der Waals surface area contributed by atoms with Gasteiger partial charge in [-0.1, -0.05) is 42.0 Å². The van der Waals surface area contributed by atoms with Crippen molar-refractivity contribution in [3.63, 3.8) is 0 Å². The smallest absolute Gasteiger partial charge is 0.259 e. The number of hydrogen-bond donors (Lipinski definition) is 1. The molecule has 6 nitrogen and oxygen atoms in total. The Labute approximate surface area is 177 Å². The topological polar surface area (TPSA) is 65.2 Å². The van der Waals surface area contributed by atoms with Crippen LogP contribution in [0.15, 0.2) is 64.8 Å². The first-order chi connectivity index (χ1) is 14.6. The Bertz CT molecular complexity index is 1020. The van der Waals surface area contributed by atoms with Crippen LogP contribution in [0.1, 0.15) is 23.1 Å². The van der Waals surface area contributed by atoms with Crippen LogP contribution in [0.25, 0.3) is 0 Å². The number of nitrogens with zero attached hydrogens (tertiary/aromatic N) is 4. The first-order valence-corrected chi connectivity index (χ1v) is 10.6. The van der Waals surface area contributed by atoms with Gasteiger partial charge >= 0.3 is 0 Å². The highest BCUT2D eigenvalue weighted by molar-refractivity contribution is 6.09. The predicted octanol–water partition coefficient (Wildman–Crippen LogP) is 2.75. The van der Waals surface area contributed by atoms with Crippen LogP contribution in [0.2, 0.25) is 0 Å². The number of fused-ring (bicyclic) bond motifs is 2. The summed E-state index contributed by atoms with van der Waals surface area (Å²) in [5, 5.41) is 0. The van der Waals surface area contributed by atoms with Gasteiger partial charge in [0, 0.05) is 44.0 Å². The van der Waals surface area contributed by atoms with E-state index in [0.717, 1.165) is 55.4 Å². The molecule has 0 spiro atoms. The number of carbonyl (C=O) groups excluding carboxylic acids is 1. The number of guanidine groups is 1. The molecule has 1 amide bonds. The summed E-state index contributed by atoms with van der Waals surface area (Å²) in [6.45, 7) is 6.69. The Morgan fingerprint density at radius 2 is 1.67 bits per heavy atom. The van der Waals surface area contributed by atoms with Crippen molar-refractivity contribution in [2.24, 2.45) is 4.99 Å². The summed E-state index contributed by atoms with van der Waals surface area (Å²) in [5.41, 5.74) is 12.2. The molecular weight excluding hydrogens is 374 g/mol. The zero-order valence-electron chi connectivity index (χ0n) is 17.3. The summed E-state index contributed by atoms with van der Waals surface area (Å²) in [4.78, 5) is 24.7. The number of carbonyl (C=O) groups is 1. The number of nitrogens with two attached hydrogens (primary N) is 1. The van der Waals surface area contributed by atoms with Crippen molar-refractivity contribution in [3.8, 4) is 0 Å². The predicted molar refractivity (Wildman–Crippen MR) is 119 cm³/mol. The monoisotopic (exact) mass is 401 g/mol. The molecule has 0 aromatic heterocycles.